The molecule has 2 aliphatic rings. The molecule has 2 aliphatic heterocycles. The van der Waals surface area contributed by atoms with Gasteiger partial charge in [0.15, 0.2) is 5.78 Å². The number of benzene rings is 2. The van der Waals surface area contributed by atoms with Crippen LogP contribution >= 0.6 is 17.0 Å². The third kappa shape index (κ3) is 2.78. The van der Waals surface area contributed by atoms with E-state index in [9.17, 15) is 9.90 Å². The number of guanidine groups is 1. The molecule has 2 aromatic rings. The average molecular weight is 388 g/mol. The van der Waals surface area contributed by atoms with Gasteiger partial charge < -0.3 is 14.9 Å². The summed E-state index contributed by atoms with van der Waals surface area (Å²) in [5.74, 6) is 1.04. The Morgan fingerprint density at radius 1 is 1.08 bits per heavy atom. The first-order valence-electron chi connectivity index (χ1n) is 7.75. The van der Waals surface area contributed by atoms with Crippen LogP contribution in [0.3, 0.4) is 0 Å². The standard InChI is InChI=1S/C18H17N3O2.BrH/c22-14-8-6-13(7-9-14)17(23)12-21-16-5-2-1-4-15(16)20-11-3-10-19-18(20)21;/h1-2,4-9,22H,3,10-12H2;1H. The number of para-hydroxylation sites is 2. The van der Waals surface area contributed by atoms with Crippen molar-refractivity contribution in [3.8, 4) is 5.75 Å². The monoisotopic (exact) mass is 387 g/mol. The molecule has 0 saturated carbocycles. The highest BCUT2D eigenvalue weighted by atomic mass is 79.9. The zero-order valence-corrected chi connectivity index (χ0v) is 14.8. The molecule has 0 aromatic heterocycles. The maximum absolute atomic E-state index is 12.6. The number of phenols is 1. The Morgan fingerprint density at radius 3 is 2.54 bits per heavy atom. The quantitative estimate of drug-likeness (QED) is 0.821. The van der Waals surface area contributed by atoms with Gasteiger partial charge in [-0.2, -0.15) is 0 Å². The summed E-state index contributed by atoms with van der Waals surface area (Å²) < 4.78 is 0. The minimum absolute atomic E-state index is 0. The van der Waals surface area contributed by atoms with E-state index in [0.717, 1.165) is 36.8 Å². The van der Waals surface area contributed by atoms with Gasteiger partial charge in [-0.3, -0.25) is 9.79 Å². The first kappa shape index (κ1) is 16.5. The van der Waals surface area contributed by atoms with E-state index >= 15 is 0 Å². The Labute approximate surface area is 151 Å². The maximum Gasteiger partial charge on any atom is 0.206 e. The molecule has 24 heavy (non-hydrogen) atoms. The van der Waals surface area contributed by atoms with E-state index in [0.29, 0.717) is 5.56 Å². The van der Waals surface area contributed by atoms with Gasteiger partial charge in [0, 0.05) is 18.7 Å². The van der Waals surface area contributed by atoms with Crippen LogP contribution in [-0.2, 0) is 0 Å². The summed E-state index contributed by atoms with van der Waals surface area (Å²) in [6, 6.07) is 14.5. The summed E-state index contributed by atoms with van der Waals surface area (Å²) in [5.41, 5.74) is 2.74. The van der Waals surface area contributed by atoms with Gasteiger partial charge in [0.1, 0.15) is 5.75 Å². The molecule has 4 rings (SSSR count). The molecule has 2 aromatic carbocycles. The van der Waals surface area contributed by atoms with Gasteiger partial charge in [0.25, 0.3) is 0 Å². The van der Waals surface area contributed by atoms with E-state index in [2.05, 4.69) is 16.0 Å². The number of anilines is 2. The third-order valence-electron chi connectivity index (χ3n) is 4.23. The van der Waals surface area contributed by atoms with E-state index in [4.69, 9.17) is 0 Å². The fourth-order valence-electron chi connectivity index (χ4n) is 3.12. The number of Topliss-reactive ketones (excluding diaryl/α,β-unsaturated/α-hetero) is 1. The number of rotatable bonds is 3. The highest BCUT2D eigenvalue weighted by Crippen LogP contribution is 2.38. The van der Waals surface area contributed by atoms with Crippen LogP contribution in [0.5, 0.6) is 5.75 Å². The second-order valence-electron chi connectivity index (χ2n) is 5.73. The molecule has 5 nitrogen and oxygen atoms in total. The third-order valence-corrected chi connectivity index (χ3v) is 4.23. The van der Waals surface area contributed by atoms with Crippen molar-refractivity contribution in [1.82, 2.24) is 0 Å². The SMILES string of the molecule is Br.O=C(CN1C2=NCCCN2c2ccccc21)c1ccc(O)cc1. The Morgan fingerprint density at radius 2 is 1.79 bits per heavy atom. The van der Waals surface area contributed by atoms with Gasteiger partial charge in [-0.1, -0.05) is 12.1 Å². The number of aliphatic imine (C=N–C) groups is 1. The Bertz CT molecular complexity index is 789. The molecule has 0 amide bonds. The fourth-order valence-corrected chi connectivity index (χ4v) is 3.12. The molecule has 0 aliphatic carbocycles. The zero-order chi connectivity index (χ0) is 15.8. The predicted octanol–water partition coefficient (Wildman–Crippen LogP) is 3.24. The van der Waals surface area contributed by atoms with Crippen molar-refractivity contribution in [2.24, 2.45) is 4.99 Å². The van der Waals surface area contributed by atoms with Crippen LogP contribution in [0.25, 0.3) is 0 Å². The van der Waals surface area contributed by atoms with Crippen LogP contribution in [-0.4, -0.2) is 36.5 Å². The van der Waals surface area contributed by atoms with Crippen LogP contribution < -0.4 is 9.80 Å². The molecule has 124 valence electrons. The summed E-state index contributed by atoms with van der Waals surface area (Å²) in [6.45, 7) is 1.97. The van der Waals surface area contributed by atoms with Crippen molar-refractivity contribution in [2.75, 3.05) is 29.4 Å². The molecule has 0 fully saturated rings. The second-order valence-corrected chi connectivity index (χ2v) is 5.73. The van der Waals surface area contributed by atoms with Gasteiger partial charge in [-0.25, -0.2) is 0 Å². The average Bonchev–Trinajstić information content (AvgIpc) is 2.90. The molecule has 0 spiro atoms. The van der Waals surface area contributed by atoms with E-state index in [1.165, 1.54) is 12.1 Å². The highest BCUT2D eigenvalue weighted by molar-refractivity contribution is 8.93. The smallest absolute Gasteiger partial charge is 0.206 e. The number of phenolic OH excluding ortho intramolecular Hbond substituents is 1. The molecule has 1 N–H and O–H groups in total. The van der Waals surface area contributed by atoms with Gasteiger partial charge in [0.2, 0.25) is 5.96 Å². The van der Waals surface area contributed by atoms with Crippen LogP contribution in [0.2, 0.25) is 0 Å². The van der Waals surface area contributed by atoms with Crippen LogP contribution in [0.1, 0.15) is 16.8 Å². The highest BCUT2D eigenvalue weighted by Gasteiger charge is 2.34. The van der Waals surface area contributed by atoms with Gasteiger partial charge in [0.05, 0.1) is 17.9 Å². The van der Waals surface area contributed by atoms with E-state index in [1.54, 1.807) is 12.1 Å². The first-order chi connectivity index (χ1) is 11.2. The molecule has 0 unspecified atom stereocenters. The normalized spacial score (nSPS) is 15.2. The summed E-state index contributed by atoms with van der Waals surface area (Å²) in [6.07, 6.45) is 1.03. The number of fused-ring (bicyclic) bond motifs is 3. The summed E-state index contributed by atoms with van der Waals surface area (Å²) in [7, 11) is 0. The number of nitrogens with zero attached hydrogens (tertiary/aromatic N) is 3. The van der Waals surface area contributed by atoms with E-state index in [1.807, 2.05) is 23.1 Å². The molecule has 0 atom stereocenters. The minimum atomic E-state index is 0. The zero-order valence-electron chi connectivity index (χ0n) is 13.1. The largest absolute Gasteiger partial charge is 0.508 e. The molecular weight excluding hydrogens is 370 g/mol. The van der Waals surface area contributed by atoms with Gasteiger partial charge in [-0.15, -0.1) is 17.0 Å². The lowest BCUT2D eigenvalue weighted by Gasteiger charge is -2.26. The lowest BCUT2D eigenvalue weighted by atomic mass is 10.1. The lowest BCUT2D eigenvalue weighted by molar-refractivity contribution is 0.100. The van der Waals surface area contributed by atoms with Gasteiger partial charge >= 0.3 is 0 Å². The van der Waals surface area contributed by atoms with Crippen molar-refractivity contribution in [2.45, 2.75) is 6.42 Å². The van der Waals surface area contributed by atoms with Gasteiger partial charge in [-0.05, 0) is 42.8 Å². The number of hydrogen-bond donors (Lipinski definition) is 1. The molecular formula is C18H18BrN3O2. The molecule has 2 heterocycles. The molecule has 0 saturated heterocycles. The number of aromatic hydroxyl groups is 1. The second kappa shape index (κ2) is 6.65. The van der Waals surface area contributed by atoms with Crippen molar-refractivity contribution >= 4 is 40.1 Å². The molecule has 6 heteroatoms. The molecule has 0 radical (unpaired) electrons. The van der Waals surface area contributed by atoms with Crippen LogP contribution in [0.4, 0.5) is 11.4 Å². The number of ketones is 1. The van der Waals surface area contributed by atoms with Crippen LogP contribution in [0, 0.1) is 0 Å². The summed E-state index contributed by atoms with van der Waals surface area (Å²) in [4.78, 5) is 21.4. The fraction of sp³-hybridized carbons (Fsp3) is 0.222. The number of halogens is 1. The van der Waals surface area contributed by atoms with Crippen molar-refractivity contribution in [3.05, 3.63) is 54.1 Å². The Hall–Kier alpha value is -2.34. The predicted molar refractivity (Wildman–Crippen MR) is 101 cm³/mol. The maximum atomic E-state index is 12.6. The summed E-state index contributed by atoms with van der Waals surface area (Å²) >= 11 is 0. The Kier molecular flexibility index (Phi) is 4.57. The number of hydrogen-bond acceptors (Lipinski definition) is 5. The topological polar surface area (TPSA) is 56.1 Å². The Balaban J connectivity index is 0.00000169. The van der Waals surface area contributed by atoms with E-state index < -0.39 is 0 Å². The van der Waals surface area contributed by atoms with Crippen molar-refractivity contribution in [1.29, 1.82) is 0 Å². The lowest BCUT2D eigenvalue weighted by Crippen LogP contribution is -2.43. The molecule has 0 bridgehead atoms. The van der Waals surface area contributed by atoms with Crippen molar-refractivity contribution < 1.29 is 9.90 Å². The number of carbonyl (C=O) groups excluding carboxylic acids is 1. The number of carbonyl (C=O) groups is 1. The minimum Gasteiger partial charge on any atom is -0.508 e. The summed E-state index contributed by atoms with van der Waals surface area (Å²) in [5, 5.41) is 9.36. The first-order valence-corrected chi connectivity index (χ1v) is 7.75. The van der Waals surface area contributed by atoms with Crippen molar-refractivity contribution in [3.63, 3.8) is 0 Å². The van der Waals surface area contributed by atoms with E-state index in [-0.39, 0.29) is 35.1 Å². The van der Waals surface area contributed by atoms with Crippen LogP contribution in [0.15, 0.2) is 53.5 Å².